The fourth-order valence-corrected chi connectivity index (χ4v) is 3.03. The third-order valence-corrected chi connectivity index (χ3v) is 4.60. The highest BCUT2D eigenvalue weighted by molar-refractivity contribution is 14.1. The zero-order valence-corrected chi connectivity index (χ0v) is 12.6. The van der Waals surface area contributed by atoms with Crippen LogP contribution in [0.1, 0.15) is 5.56 Å². The Bertz CT molecular complexity index is 542. The van der Waals surface area contributed by atoms with E-state index in [4.69, 9.17) is 12.2 Å². The van der Waals surface area contributed by atoms with Gasteiger partial charge in [-0.3, -0.25) is 9.69 Å². The number of hydrogen-bond acceptors (Lipinski definition) is 4. The van der Waals surface area contributed by atoms with Gasteiger partial charge in [-0.25, -0.2) is 0 Å². The van der Waals surface area contributed by atoms with Crippen molar-refractivity contribution in [2.45, 2.75) is 0 Å². The Balaban J connectivity index is 2.34. The highest BCUT2D eigenvalue weighted by atomic mass is 127. The van der Waals surface area contributed by atoms with Crippen molar-refractivity contribution in [3.63, 3.8) is 0 Å². The van der Waals surface area contributed by atoms with Crippen LogP contribution in [0.5, 0.6) is 5.75 Å². The normalized spacial score (nSPS) is 18.2. The monoisotopic (exact) mass is 377 g/mol. The van der Waals surface area contributed by atoms with Crippen molar-refractivity contribution in [2.24, 2.45) is 0 Å². The zero-order valence-electron chi connectivity index (χ0n) is 8.81. The number of halogens is 1. The second kappa shape index (κ2) is 4.95. The molecule has 0 unspecified atom stereocenters. The second-order valence-electron chi connectivity index (χ2n) is 3.45. The smallest absolute Gasteiger partial charge is 0.265 e. The molecule has 1 amide bonds. The van der Waals surface area contributed by atoms with Crippen molar-refractivity contribution in [2.75, 3.05) is 7.05 Å². The summed E-state index contributed by atoms with van der Waals surface area (Å²) in [6.07, 6.45) is 1.78. The van der Waals surface area contributed by atoms with Gasteiger partial charge in [0.25, 0.3) is 5.91 Å². The van der Waals surface area contributed by atoms with Gasteiger partial charge in [0.05, 0.1) is 8.48 Å². The maximum absolute atomic E-state index is 11.8. The molecule has 1 saturated heterocycles. The number of phenolic OH excluding ortho intramolecular Hbond substituents is 1. The number of likely N-dealkylation sites (N-methyl/N-ethyl adjacent to an activating group) is 1. The highest BCUT2D eigenvalue weighted by Gasteiger charge is 2.28. The van der Waals surface area contributed by atoms with Gasteiger partial charge in [0.1, 0.15) is 10.1 Å². The number of thiocarbonyl (C=S) groups is 1. The maximum Gasteiger partial charge on any atom is 0.265 e. The van der Waals surface area contributed by atoms with Gasteiger partial charge < -0.3 is 5.11 Å². The average Bonchev–Trinajstić information content (AvgIpc) is 2.52. The van der Waals surface area contributed by atoms with Gasteiger partial charge in [-0.15, -0.1) is 0 Å². The van der Waals surface area contributed by atoms with Gasteiger partial charge in [-0.1, -0.05) is 30.0 Å². The van der Waals surface area contributed by atoms with E-state index in [1.54, 1.807) is 25.3 Å². The Morgan fingerprint density at radius 2 is 2.24 bits per heavy atom. The van der Waals surface area contributed by atoms with Crippen molar-refractivity contribution < 1.29 is 9.90 Å². The first kappa shape index (κ1) is 12.8. The SMILES string of the molecule is CN1C(=O)/C(=C\c2ccc(O)c(I)c2)SC1=S. The molecule has 0 aliphatic carbocycles. The Morgan fingerprint density at radius 3 is 2.76 bits per heavy atom. The van der Waals surface area contributed by atoms with Crippen LogP contribution in [-0.4, -0.2) is 27.3 Å². The third kappa shape index (κ3) is 2.63. The number of amides is 1. The molecule has 1 fully saturated rings. The Labute approximate surface area is 122 Å². The first-order valence-electron chi connectivity index (χ1n) is 4.69. The topological polar surface area (TPSA) is 40.5 Å². The van der Waals surface area contributed by atoms with Gasteiger partial charge in [0, 0.05) is 7.05 Å². The van der Waals surface area contributed by atoms with Crippen LogP contribution >= 0.6 is 46.6 Å². The summed E-state index contributed by atoms with van der Waals surface area (Å²) in [6, 6.07) is 5.19. The molecule has 1 aromatic rings. The molecule has 0 aromatic heterocycles. The quantitative estimate of drug-likeness (QED) is 0.464. The number of hydrogen-bond donors (Lipinski definition) is 1. The molecule has 1 aliphatic heterocycles. The molecule has 0 atom stereocenters. The van der Waals surface area contributed by atoms with Crippen LogP contribution < -0.4 is 0 Å². The molecule has 1 heterocycles. The van der Waals surface area contributed by atoms with Crippen LogP contribution in [-0.2, 0) is 4.79 Å². The van der Waals surface area contributed by atoms with Crippen molar-refractivity contribution >= 4 is 62.9 Å². The molecule has 6 heteroatoms. The number of aromatic hydroxyl groups is 1. The fourth-order valence-electron chi connectivity index (χ4n) is 1.31. The molecular weight excluding hydrogens is 369 g/mol. The van der Waals surface area contributed by atoms with Crippen LogP contribution in [0.25, 0.3) is 6.08 Å². The lowest BCUT2D eigenvalue weighted by Gasteiger charge is -2.03. The molecule has 1 aliphatic rings. The largest absolute Gasteiger partial charge is 0.507 e. The molecule has 1 N–H and O–H groups in total. The van der Waals surface area contributed by atoms with E-state index in [0.717, 1.165) is 9.13 Å². The fraction of sp³-hybridized carbons (Fsp3) is 0.0909. The number of rotatable bonds is 1. The van der Waals surface area contributed by atoms with Crippen molar-refractivity contribution in [1.29, 1.82) is 0 Å². The van der Waals surface area contributed by atoms with Crippen molar-refractivity contribution in [3.05, 3.63) is 32.2 Å². The van der Waals surface area contributed by atoms with E-state index in [-0.39, 0.29) is 11.7 Å². The minimum Gasteiger partial charge on any atom is -0.507 e. The van der Waals surface area contributed by atoms with E-state index in [1.807, 2.05) is 28.7 Å². The van der Waals surface area contributed by atoms with Crippen molar-refractivity contribution in [3.8, 4) is 5.75 Å². The Kier molecular flexibility index (Phi) is 3.74. The van der Waals surface area contributed by atoms with Gasteiger partial charge in [-0.2, -0.15) is 0 Å². The van der Waals surface area contributed by atoms with E-state index in [2.05, 4.69) is 0 Å². The van der Waals surface area contributed by atoms with Gasteiger partial charge in [-0.05, 0) is 46.4 Å². The Hall–Kier alpha value is -0.600. The van der Waals surface area contributed by atoms with Crippen LogP contribution in [0.15, 0.2) is 23.1 Å². The summed E-state index contributed by atoms with van der Waals surface area (Å²) in [6.45, 7) is 0. The standard InChI is InChI=1S/C11H8INO2S2/c1-13-10(15)9(17-11(13)16)5-6-2-3-8(14)7(12)4-6/h2-5,14H,1H3/b9-5+. The summed E-state index contributed by atoms with van der Waals surface area (Å²) in [5.74, 6) is 0.161. The molecule has 0 radical (unpaired) electrons. The molecule has 2 rings (SSSR count). The van der Waals surface area contributed by atoms with Crippen LogP contribution in [0.2, 0.25) is 0 Å². The summed E-state index contributed by atoms with van der Waals surface area (Å²) in [5, 5.41) is 9.41. The summed E-state index contributed by atoms with van der Waals surface area (Å²) in [7, 11) is 1.67. The molecule has 0 saturated carbocycles. The average molecular weight is 377 g/mol. The molecule has 0 spiro atoms. The van der Waals surface area contributed by atoms with Crippen LogP contribution in [0, 0.1) is 3.57 Å². The highest BCUT2D eigenvalue weighted by Crippen LogP contribution is 2.32. The second-order valence-corrected chi connectivity index (χ2v) is 6.29. The third-order valence-electron chi connectivity index (χ3n) is 2.26. The van der Waals surface area contributed by atoms with E-state index in [1.165, 1.54) is 16.7 Å². The predicted octanol–water partition coefficient (Wildman–Crippen LogP) is 2.83. The lowest BCUT2D eigenvalue weighted by atomic mass is 10.2. The minimum absolute atomic E-state index is 0.0805. The number of thioether (sulfide) groups is 1. The number of benzene rings is 1. The first-order chi connectivity index (χ1) is 7.99. The van der Waals surface area contributed by atoms with E-state index < -0.39 is 0 Å². The first-order valence-corrected chi connectivity index (χ1v) is 6.99. The molecular formula is C11H8INO2S2. The van der Waals surface area contributed by atoms with E-state index in [0.29, 0.717) is 9.23 Å². The lowest BCUT2D eigenvalue weighted by Crippen LogP contribution is -2.22. The van der Waals surface area contributed by atoms with Gasteiger partial charge in [0.2, 0.25) is 0 Å². The molecule has 17 heavy (non-hydrogen) atoms. The Morgan fingerprint density at radius 1 is 1.53 bits per heavy atom. The van der Waals surface area contributed by atoms with Crippen molar-refractivity contribution in [1.82, 2.24) is 4.90 Å². The van der Waals surface area contributed by atoms with Crippen LogP contribution in [0.3, 0.4) is 0 Å². The lowest BCUT2D eigenvalue weighted by molar-refractivity contribution is -0.121. The number of nitrogens with zero attached hydrogens (tertiary/aromatic N) is 1. The van der Waals surface area contributed by atoms with E-state index in [9.17, 15) is 9.90 Å². The molecule has 3 nitrogen and oxygen atoms in total. The zero-order chi connectivity index (χ0) is 12.6. The summed E-state index contributed by atoms with van der Waals surface area (Å²) in [4.78, 5) is 13.8. The minimum atomic E-state index is -0.0805. The predicted molar refractivity (Wildman–Crippen MR) is 81.8 cm³/mol. The number of carbonyl (C=O) groups excluding carboxylic acids is 1. The van der Waals surface area contributed by atoms with Gasteiger partial charge >= 0.3 is 0 Å². The number of phenols is 1. The summed E-state index contributed by atoms with van der Waals surface area (Å²) < 4.78 is 1.32. The van der Waals surface area contributed by atoms with Gasteiger partial charge in [0.15, 0.2) is 0 Å². The van der Waals surface area contributed by atoms with Crippen LogP contribution in [0.4, 0.5) is 0 Å². The number of carbonyl (C=O) groups is 1. The summed E-state index contributed by atoms with van der Waals surface area (Å²) in [5.41, 5.74) is 0.876. The van der Waals surface area contributed by atoms with E-state index >= 15 is 0 Å². The molecule has 1 aromatic carbocycles. The molecule has 88 valence electrons. The maximum atomic E-state index is 11.8. The molecule has 0 bridgehead atoms. The summed E-state index contributed by atoms with van der Waals surface area (Å²) >= 11 is 8.38.